The Labute approximate surface area is 102 Å². The molecule has 1 aromatic carbocycles. The van der Waals surface area contributed by atoms with Gasteiger partial charge in [-0.3, -0.25) is 0 Å². The highest BCUT2D eigenvalue weighted by molar-refractivity contribution is 5.66. The van der Waals surface area contributed by atoms with Gasteiger partial charge in [0.25, 0.3) is 0 Å². The van der Waals surface area contributed by atoms with E-state index in [1.807, 2.05) is 7.05 Å². The van der Waals surface area contributed by atoms with Crippen LogP contribution in [0.4, 0.5) is 0 Å². The minimum atomic E-state index is 0.958. The fraction of sp³-hybridized carbons (Fsp3) is 0.357. The van der Waals surface area contributed by atoms with Gasteiger partial charge in [-0.05, 0) is 32.5 Å². The largest absolute Gasteiger partial charge is 0.348 e. The van der Waals surface area contributed by atoms with Crippen LogP contribution in [0.1, 0.15) is 16.8 Å². The van der Waals surface area contributed by atoms with Crippen molar-refractivity contribution in [3.63, 3.8) is 0 Å². The second-order valence-corrected chi connectivity index (χ2v) is 4.40. The topological polar surface area (TPSA) is 40.7 Å². The molecule has 0 atom stereocenters. The zero-order chi connectivity index (χ0) is 12.3. The van der Waals surface area contributed by atoms with Gasteiger partial charge in [0.2, 0.25) is 0 Å². The van der Waals surface area contributed by atoms with Gasteiger partial charge in [-0.15, -0.1) is 0 Å². The van der Waals surface area contributed by atoms with Crippen LogP contribution in [-0.4, -0.2) is 23.6 Å². The summed E-state index contributed by atoms with van der Waals surface area (Å²) in [7, 11) is 1.97. The van der Waals surface area contributed by atoms with Crippen LogP contribution < -0.4 is 5.32 Å². The number of benzene rings is 1. The Bertz CT molecular complexity index is 500. The van der Waals surface area contributed by atoms with Gasteiger partial charge >= 0.3 is 0 Å². The third-order valence-corrected chi connectivity index (χ3v) is 2.99. The number of rotatable bonds is 4. The molecule has 1 aromatic heterocycles. The van der Waals surface area contributed by atoms with Crippen LogP contribution in [0.2, 0.25) is 0 Å². The van der Waals surface area contributed by atoms with E-state index < -0.39 is 0 Å². The molecule has 0 aliphatic heterocycles. The fourth-order valence-electron chi connectivity index (χ4n) is 1.98. The zero-order valence-corrected chi connectivity index (χ0v) is 10.7. The molecule has 90 valence electrons. The highest BCUT2D eigenvalue weighted by atomic mass is 14.9. The van der Waals surface area contributed by atoms with E-state index in [2.05, 4.69) is 47.3 Å². The number of imidazole rings is 1. The lowest BCUT2D eigenvalue weighted by Crippen LogP contribution is -2.11. The van der Waals surface area contributed by atoms with Crippen LogP contribution in [0.3, 0.4) is 0 Å². The number of H-pyrrole nitrogens is 1. The van der Waals surface area contributed by atoms with Gasteiger partial charge in [0.15, 0.2) is 0 Å². The molecule has 0 saturated heterocycles. The number of hydrogen-bond acceptors (Lipinski definition) is 2. The summed E-state index contributed by atoms with van der Waals surface area (Å²) in [4.78, 5) is 7.69. The predicted octanol–water partition coefficient (Wildman–Crippen LogP) is 2.46. The molecule has 3 nitrogen and oxygen atoms in total. The third-order valence-electron chi connectivity index (χ3n) is 2.99. The van der Waals surface area contributed by atoms with Gasteiger partial charge in [-0.2, -0.15) is 0 Å². The standard InChI is InChI=1S/C14H19N3/c1-10-4-5-11(2)12(8-10)14-13(6-7-15-3)16-9-17-14/h4-5,8-9,15H,6-7H2,1-3H3,(H,16,17). The van der Waals surface area contributed by atoms with E-state index in [4.69, 9.17) is 0 Å². The van der Waals surface area contributed by atoms with Crippen molar-refractivity contribution in [3.05, 3.63) is 41.3 Å². The second kappa shape index (κ2) is 5.15. The first-order chi connectivity index (χ1) is 8.22. The van der Waals surface area contributed by atoms with Crippen molar-refractivity contribution < 1.29 is 0 Å². The lowest BCUT2D eigenvalue weighted by Gasteiger charge is -2.07. The van der Waals surface area contributed by atoms with Crippen molar-refractivity contribution in [2.75, 3.05) is 13.6 Å². The molecular weight excluding hydrogens is 210 g/mol. The maximum atomic E-state index is 4.46. The van der Waals surface area contributed by atoms with E-state index >= 15 is 0 Å². The van der Waals surface area contributed by atoms with E-state index in [9.17, 15) is 0 Å². The second-order valence-electron chi connectivity index (χ2n) is 4.40. The smallest absolute Gasteiger partial charge is 0.0929 e. The molecule has 0 aliphatic rings. The molecule has 0 saturated carbocycles. The maximum Gasteiger partial charge on any atom is 0.0929 e. The minimum Gasteiger partial charge on any atom is -0.348 e. The summed E-state index contributed by atoms with van der Waals surface area (Å²) in [5.41, 5.74) is 6.06. The summed E-state index contributed by atoms with van der Waals surface area (Å²) in [5.74, 6) is 0. The van der Waals surface area contributed by atoms with Gasteiger partial charge in [-0.25, -0.2) is 4.98 Å². The number of nitrogens with one attached hydrogen (secondary N) is 2. The number of aryl methyl sites for hydroxylation is 2. The van der Waals surface area contributed by atoms with Gasteiger partial charge in [0.1, 0.15) is 0 Å². The van der Waals surface area contributed by atoms with Crippen molar-refractivity contribution in [3.8, 4) is 11.3 Å². The quantitative estimate of drug-likeness (QED) is 0.845. The number of aromatic nitrogens is 2. The van der Waals surface area contributed by atoms with E-state index in [1.165, 1.54) is 22.4 Å². The van der Waals surface area contributed by atoms with Crippen molar-refractivity contribution >= 4 is 0 Å². The summed E-state index contributed by atoms with van der Waals surface area (Å²) in [6.07, 6.45) is 2.75. The molecule has 2 rings (SSSR count). The lowest BCUT2D eigenvalue weighted by molar-refractivity contribution is 0.781. The van der Waals surface area contributed by atoms with Gasteiger partial charge < -0.3 is 10.3 Å². The Kier molecular flexibility index (Phi) is 3.59. The Morgan fingerprint density at radius 2 is 2.12 bits per heavy atom. The van der Waals surface area contributed by atoms with Crippen molar-refractivity contribution in [1.82, 2.24) is 15.3 Å². The van der Waals surface area contributed by atoms with Gasteiger partial charge in [-0.1, -0.05) is 17.7 Å². The molecule has 0 aliphatic carbocycles. The van der Waals surface area contributed by atoms with Crippen LogP contribution >= 0.6 is 0 Å². The summed E-state index contributed by atoms with van der Waals surface area (Å²) >= 11 is 0. The molecule has 0 unspecified atom stereocenters. The first-order valence-electron chi connectivity index (χ1n) is 5.97. The molecule has 0 bridgehead atoms. The Morgan fingerprint density at radius 3 is 2.88 bits per heavy atom. The Morgan fingerprint density at radius 1 is 1.29 bits per heavy atom. The molecule has 2 N–H and O–H groups in total. The highest BCUT2D eigenvalue weighted by Crippen LogP contribution is 2.25. The summed E-state index contributed by atoms with van der Waals surface area (Å²) in [6, 6.07) is 6.49. The van der Waals surface area contributed by atoms with E-state index in [0.29, 0.717) is 0 Å². The summed E-state index contributed by atoms with van der Waals surface area (Å²) in [5, 5.41) is 3.16. The first kappa shape index (κ1) is 11.9. The monoisotopic (exact) mass is 229 g/mol. The van der Waals surface area contributed by atoms with Crippen molar-refractivity contribution in [1.29, 1.82) is 0 Å². The highest BCUT2D eigenvalue weighted by Gasteiger charge is 2.10. The van der Waals surface area contributed by atoms with Crippen molar-refractivity contribution in [2.45, 2.75) is 20.3 Å². The van der Waals surface area contributed by atoms with Crippen LogP contribution in [0.15, 0.2) is 24.5 Å². The van der Waals surface area contributed by atoms with E-state index in [1.54, 1.807) is 6.33 Å². The maximum absolute atomic E-state index is 4.46. The van der Waals surface area contributed by atoms with Gasteiger partial charge in [0, 0.05) is 24.2 Å². The molecule has 0 radical (unpaired) electrons. The molecule has 17 heavy (non-hydrogen) atoms. The van der Waals surface area contributed by atoms with Crippen molar-refractivity contribution in [2.24, 2.45) is 0 Å². The van der Waals surface area contributed by atoms with Crippen LogP contribution in [-0.2, 0) is 6.42 Å². The molecule has 3 heteroatoms. The van der Waals surface area contributed by atoms with Crippen LogP contribution in [0.5, 0.6) is 0 Å². The molecular formula is C14H19N3. The Balaban J connectivity index is 2.38. The molecule has 0 fully saturated rings. The minimum absolute atomic E-state index is 0.958. The van der Waals surface area contributed by atoms with E-state index in [0.717, 1.165) is 18.7 Å². The normalized spacial score (nSPS) is 10.8. The SMILES string of the molecule is CNCCc1[nH]cnc1-c1cc(C)ccc1C. The Hall–Kier alpha value is -1.61. The number of hydrogen-bond donors (Lipinski definition) is 2. The summed E-state index contributed by atoms with van der Waals surface area (Å²) in [6.45, 7) is 5.20. The third kappa shape index (κ3) is 2.56. The molecule has 2 aromatic rings. The van der Waals surface area contributed by atoms with E-state index in [-0.39, 0.29) is 0 Å². The average Bonchev–Trinajstić information content (AvgIpc) is 2.77. The summed E-state index contributed by atoms with van der Waals surface area (Å²) < 4.78 is 0. The molecule has 0 amide bonds. The zero-order valence-electron chi connectivity index (χ0n) is 10.7. The number of nitrogens with zero attached hydrogens (tertiary/aromatic N) is 1. The molecule has 1 heterocycles. The fourth-order valence-corrected chi connectivity index (χ4v) is 1.98. The predicted molar refractivity (Wildman–Crippen MR) is 71.1 cm³/mol. The average molecular weight is 229 g/mol. The van der Waals surface area contributed by atoms with Crippen LogP contribution in [0.25, 0.3) is 11.3 Å². The number of aromatic amines is 1. The lowest BCUT2D eigenvalue weighted by atomic mass is 10.0. The van der Waals surface area contributed by atoms with Gasteiger partial charge in [0.05, 0.1) is 12.0 Å². The molecule has 0 spiro atoms. The first-order valence-corrected chi connectivity index (χ1v) is 5.97. The van der Waals surface area contributed by atoms with Crippen LogP contribution in [0, 0.1) is 13.8 Å². The number of likely N-dealkylation sites (N-methyl/N-ethyl adjacent to an activating group) is 1.